The van der Waals surface area contributed by atoms with Gasteiger partial charge in [0.2, 0.25) is 5.91 Å². The number of carbonyl (C=O) groups excluding carboxylic acids is 2. The molecule has 0 radical (unpaired) electrons. The number of benzene rings is 2. The van der Waals surface area contributed by atoms with E-state index in [4.69, 9.17) is 0 Å². The maximum atomic E-state index is 13.1. The summed E-state index contributed by atoms with van der Waals surface area (Å²) in [6.07, 6.45) is 1.47. The minimum Gasteiger partial charge on any atom is -0.355 e. The van der Waals surface area contributed by atoms with Crippen molar-refractivity contribution in [3.63, 3.8) is 0 Å². The van der Waals surface area contributed by atoms with Crippen LogP contribution in [0.4, 0.5) is 10.8 Å². The summed E-state index contributed by atoms with van der Waals surface area (Å²) < 4.78 is 27.1. The number of hydrogen-bond acceptors (Lipinski definition) is 6. The molecule has 29 heavy (non-hydrogen) atoms. The number of nitrogens with zero attached hydrogens (tertiary/aromatic N) is 2. The van der Waals surface area contributed by atoms with E-state index in [0.29, 0.717) is 11.3 Å². The number of rotatable bonds is 7. The summed E-state index contributed by atoms with van der Waals surface area (Å²) in [7, 11) is -2.47. The Morgan fingerprint density at radius 2 is 1.86 bits per heavy atom. The Balaban J connectivity index is 1.84. The van der Waals surface area contributed by atoms with Crippen molar-refractivity contribution in [1.29, 1.82) is 0 Å². The van der Waals surface area contributed by atoms with Gasteiger partial charge in [-0.2, -0.15) is 0 Å². The molecule has 2 N–H and O–H groups in total. The second kappa shape index (κ2) is 8.84. The normalized spacial score (nSPS) is 10.9. The lowest BCUT2D eigenvalue weighted by Crippen LogP contribution is -2.38. The van der Waals surface area contributed by atoms with E-state index in [1.54, 1.807) is 41.8 Å². The summed E-state index contributed by atoms with van der Waals surface area (Å²) in [5.41, 5.74) is 0.756. The van der Waals surface area contributed by atoms with Crippen LogP contribution in [0.25, 0.3) is 0 Å². The zero-order chi connectivity index (χ0) is 20.9. The molecule has 0 atom stereocenters. The summed E-state index contributed by atoms with van der Waals surface area (Å²) in [6.45, 7) is -0.463. The first-order valence-corrected chi connectivity index (χ1v) is 10.8. The number of amides is 2. The van der Waals surface area contributed by atoms with E-state index >= 15 is 0 Å². The van der Waals surface area contributed by atoms with Gasteiger partial charge in [-0.3, -0.25) is 9.59 Å². The van der Waals surface area contributed by atoms with Gasteiger partial charge in [0, 0.05) is 29.9 Å². The summed E-state index contributed by atoms with van der Waals surface area (Å²) in [6, 6.07) is 14.2. The Bertz CT molecular complexity index is 1100. The molecule has 8 nitrogen and oxygen atoms in total. The van der Waals surface area contributed by atoms with Crippen molar-refractivity contribution >= 4 is 44.0 Å². The zero-order valence-corrected chi connectivity index (χ0v) is 17.0. The van der Waals surface area contributed by atoms with Gasteiger partial charge in [-0.05, 0) is 30.3 Å². The molecule has 0 saturated heterocycles. The SMILES string of the molecule is CNC(=O)c1cccc(NC(=O)CN(c2nccs2)S(=O)(=O)c2ccccc2)c1. The van der Waals surface area contributed by atoms with Crippen LogP contribution >= 0.6 is 11.3 Å². The molecule has 0 aliphatic carbocycles. The molecule has 0 bridgehead atoms. The third kappa shape index (κ3) is 4.79. The molecule has 3 aromatic rings. The average Bonchev–Trinajstić information content (AvgIpc) is 3.26. The highest BCUT2D eigenvalue weighted by Crippen LogP contribution is 2.25. The molecule has 0 aliphatic heterocycles. The number of nitrogens with one attached hydrogen (secondary N) is 2. The Morgan fingerprint density at radius 1 is 1.10 bits per heavy atom. The fourth-order valence-corrected chi connectivity index (χ4v) is 4.79. The van der Waals surface area contributed by atoms with Crippen molar-refractivity contribution in [2.45, 2.75) is 4.90 Å². The van der Waals surface area contributed by atoms with Crippen molar-refractivity contribution in [2.24, 2.45) is 0 Å². The Kier molecular flexibility index (Phi) is 6.25. The van der Waals surface area contributed by atoms with Crippen LogP contribution in [0.2, 0.25) is 0 Å². The first-order chi connectivity index (χ1) is 13.9. The third-order valence-electron chi connectivity index (χ3n) is 3.89. The van der Waals surface area contributed by atoms with E-state index in [1.807, 2.05) is 0 Å². The molecule has 0 unspecified atom stereocenters. The number of hydrogen-bond donors (Lipinski definition) is 2. The van der Waals surface area contributed by atoms with Crippen LogP contribution in [-0.4, -0.2) is 38.8 Å². The number of aromatic nitrogens is 1. The molecule has 0 aliphatic rings. The molecule has 0 saturated carbocycles. The van der Waals surface area contributed by atoms with Gasteiger partial charge in [-0.25, -0.2) is 17.7 Å². The summed E-state index contributed by atoms with van der Waals surface area (Å²) in [4.78, 5) is 28.5. The molecule has 10 heteroatoms. The number of thiazole rings is 1. The quantitative estimate of drug-likeness (QED) is 0.598. The lowest BCUT2D eigenvalue weighted by atomic mass is 10.2. The van der Waals surface area contributed by atoms with E-state index in [0.717, 1.165) is 15.6 Å². The van der Waals surface area contributed by atoms with Gasteiger partial charge in [-0.1, -0.05) is 24.3 Å². The summed E-state index contributed by atoms with van der Waals surface area (Å²) in [5, 5.41) is 6.95. The van der Waals surface area contributed by atoms with Crippen LogP contribution in [0, 0.1) is 0 Å². The smallest absolute Gasteiger partial charge is 0.266 e. The Labute approximate surface area is 172 Å². The lowest BCUT2D eigenvalue weighted by Gasteiger charge is -2.21. The van der Waals surface area contributed by atoms with Gasteiger partial charge in [0.05, 0.1) is 4.90 Å². The summed E-state index contributed by atoms with van der Waals surface area (Å²) in [5.74, 6) is -0.856. The van der Waals surface area contributed by atoms with Crippen LogP contribution in [-0.2, 0) is 14.8 Å². The molecule has 2 aromatic carbocycles. The van der Waals surface area contributed by atoms with E-state index in [2.05, 4.69) is 15.6 Å². The molecule has 2 amide bonds. The predicted octanol–water partition coefficient (Wildman–Crippen LogP) is 2.34. The molecule has 0 spiro atoms. The van der Waals surface area contributed by atoms with Gasteiger partial charge in [0.25, 0.3) is 15.9 Å². The second-order valence-electron chi connectivity index (χ2n) is 5.85. The zero-order valence-electron chi connectivity index (χ0n) is 15.4. The Morgan fingerprint density at radius 3 is 2.52 bits per heavy atom. The highest BCUT2D eigenvalue weighted by atomic mass is 32.2. The van der Waals surface area contributed by atoms with Gasteiger partial charge >= 0.3 is 0 Å². The van der Waals surface area contributed by atoms with Gasteiger partial charge in [0.15, 0.2) is 5.13 Å². The van der Waals surface area contributed by atoms with Gasteiger partial charge in [-0.15, -0.1) is 11.3 Å². The van der Waals surface area contributed by atoms with E-state index < -0.39 is 22.5 Å². The predicted molar refractivity (Wildman–Crippen MR) is 112 cm³/mol. The van der Waals surface area contributed by atoms with Crippen LogP contribution in [0.3, 0.4) is 0 Å². The van der Waals surface area contributed by atoms with E-state index in [1.165, 1.54) is 31.4 Å². The van der Waals surface area contributed by atoms with Gasteiger partial charge in [0.1, 0.15) is 6.54 Å². The van der Waals surface area contributed by atoms with Crippen molar-refractivity contribution in [1.82, 2.24) is 10.3 Å². The highest BCUT2D eigenvalue weighted by Gasteiger charge is 2.28. The van der Waals surface area contributed by atoms with Gasteiger partial charge < -0.3 is 10.6 Å². The Hall–Kier alpha value is -3.24. The molecule has 150 valence electrons. The minimum absolute atomic E-state index is 0.0598. The molecule has 1 aromatic heterocycles. The number of anilines is 2. The monoisotopic (exact) mass is 430 g/mol. The summed E-state index contributed by atoms with van der Waals surface area (Å²) >= 11 is 1.11. The maximum Gasteiger partial charge on any atom is 0.266 e. The van der Waals surface area contributed by atoms with E-state index in [-0.39, 0.29) is 15.9 Å². The number of carbonyl (C=O) groups is 2. The van der Waals surface area contributed by atoms with Crippen molar-refractivity contribution < 1.29 is 18.0 Å². The first-order valence-electron chi connectivity index (χ1n) is 8.51. The van der Waals surface area contributed by atoms with Crippen LogP contribution in [0.15, 0.2) is 71.1 Å². The topological polar surface area (TPSA) is 108 Å². The molecule has 1 heterocycles. The standard InChI is InChI=1S/C19H18N4O4S2/c1-20-18(25)14-6-5-7-15(12-14)22-17(24)13-23(19-21-10-11-28-19)29(26,27)16-8-3-2-4-9-16/h2-12H,13H2,1H3,(H,20,25)(H,22,24). The van der Waals surface area contributed by atoms with Crippen LogP contribution in [0.5, 0.6) is 0 Å². The molecular weight excluding hydrogens is 412 g/mol. The lowest BCUT2D eigenvalue weighted by molar-refractivity contribution is -0.114. The molecule has 0 fully saturated rings. The van der Waals surface area contributed by atoms with Crippen LogP contribution in [0.1, 0.15) is 10.4 Å². The molecular formula is C19H18N4O4S2. The number of sulfonamides is 1. The van der Waals surface area contributed by atoms with Crippen LogP contribution < -0.4 is 14.9 Å². The minimum atomic E-state index is -3.98. The second-order valence-corrected chi connectivity index (χ2v) is 8.58. The third-order valence-corrected chi connectivity index (χ3v) is 6.55. The van der Waals surface area contributed by atoms with E-state index in [9.17, 15) is 18.0 Å². The highest BCUT2D eigenvalue weighted by molar-refractivity contribution is 7.93. The fraction of sp³-hybridized carbons (Fsp3) is 0.105. The first kappa shape index (κ1) is 20.5. The average molecular weight is 431 g/mol. The largest absolute Gasteiger partial charge is 0.355 e. The van der Waals surface area contributed by atoms with Crippen molar-refractivity contribution in [2.75, 3.05) is 23.2 Å². The fourth-order valence-electron chi connectivity index (χ4n) is 2.53. The molecule has 3 rings (SSSR count). The van der Waals surface area contributed by atoms with Crippen molar-refractivity contribution in [3.8, 4) is 0 Å². The van der Waals surface area contributed by atoms with Crippen molar-refractivity contribution in [3.05, 3.63) is 71.7 Å². The maximum absolute atomic E-state index is 13.1.